The molecule has 0 atom stereocenters. The number of halogens is 1. The van der Waals surface area contributed by atoms with Crippen LogP contribution in [0.15, 0.2) is 18.2 Å². The highest BCUT2D eigenvalue weighted by Gasteiger charge is 2.20. The van der Waals surface area contributed by atoms with Crippen molar-refractivity contribution in [1.82, 2.24) is 5.32 Å². The topological polar surface area (TPSA) is 30.5 Å². The molecule has 0 unspecified atom stereocenters. The number of benzene rings is 1. The predicted octanol–water partition coefficient (Wildman–Crippen LogP) is 3.10. The van der Waals surface area contributed by atoms with E-state index in [1.54, 1.807) is 12.1 Å². The Balaban J connectivity index is 1.62. The van der Waals surface area contributed by atoms with Crippen molar-refractivity contribution >= 4 is 0 Å². The van der Waals surface area contributed by atoms with E-state index in [1.165, 1.54) is 0 Å². The molecule has 0 spiro atoms. The van der Waals surface area contributed by atoms with Crippen LogP contribution in [0.2, 0.25) is 0 Å². The van der Waals surface area contributed by atoms with Gasteiger partial charge in [-0.05, 0) is 74.4 Å². The lowest BCUT2D eigenvalue weighted by Crippen LogP contribution is -2.27. The molecule has 0 aromatic heterocycles. The number of ether oxygens (including phenoxy) is 2. The van der Waals surface area contributed by atoms with Gasteiger partial charge in [0.15, 0.2) is 0 Å². The second-order valence-corrected chi connectivity index (χ2v) is 6.07. The van der Waals surface area contributed by atoms with E-state index >= 15 is 0 Å². The van der Waals surface area contributed by atoms with E-state index in [-0.39, 0.29) is 5.82 Å². The maximum atomic E-state index is 14.1. The molecule has 2 aliphatic rings. The molecule has 4 heteroatoms. The van der Waals surface area contributed by atoms with Crippen LogP contribution in [0.3, 0.4) is 0 Å². The molecule has 1 aromatic rings. The fourth-order valence-electron chi connectivity index (χ4n) is 3.18. The van der Waals surface area contributed by atoms with Gasteiger partial charge in [-0.2, -0.15) is 0 Å². The molecule has 3 rings (SSSR count). The van der Waals surface area contributed by atoms with Crippen LogP contribution in [0.1, 0.15) is 37.2 Å². The minimum Gasteiger partial charge on any atom is -0.493 e. The lowest BCUT2D eigenvalue weighted by Gasteiger charge is -2.25. The standard InChI is InChI=1S/C17H24FNO2/c18-17-2-1-15(21-12-13-5-9-20-10-6-13)11-16(17)14-3-7-19-8-4-14/h1-2,11,13-14,19H,3-10,12H2. The summed E-state index contributed by atoms with van der Waals surface area (Å²) in [5.41, 5.74) is 0.820. The van der Waals surface area contributed by atoms with Gasteiger partial charge in [0.2, 0.25) is 0 Å². The molecule has 116 valence electrons. The number of piperidine rings is 1. The van der Waals surface area contributed by atoms with E-state index in [0.29, 0.717) is 18.4 Å². The number of hydrogen-bond acceptors (Lipinski definition) is 3. The Morgan fingerprint density at radius 2 is 1.90 bits per heavy atom. The first-order chi connectivity index (χ1) is 10.3. The van der Waals surface area contributed by atoms with Crippen molar-refractivity contribution in [2.24, 2.45) is 5.92 Å². The molecule has 0 radical (unpaired) electrons. The Kier molecular flexibility index (Phi) is 5.09. The van der Waals surface area contributed by atoms with Gasteiger partial charge in [-0.15, -0.1) is 0 Å². The highest BCUT2D eigenvalue weighted by Crippen LogP contribution is 2.30. The van der Waals surface area contributed by atoms with Gasteiger partial charge in [-0.3, -0.25) is 0 Å². The fourth-order valence-corrected chi connectivity index (χ4v) is 3.18. The normalized spacial score (nSPS) is 21.4. The van der Waals surface area contributed by atoms with E-state index in [0.717, 1.165) is 63.3 Å². The molecule has 1 aromatic carbocycles. The maximum absolute atomic E-state index is 14.1. The second kappa shape index (κ2) is 7.23. The molecule has 0 bridgehead atoms. The zero-order chi connectivity index (χ0) is 14.5. The summed E-state index contributed by atoms with van der Waals surface area (Å²) in [5, 5.41) is 3.32. The summed E-state index contributed by atoms with van der Waals surface area (Å²) in [6, 6.07) is 5.21. The highest BCUT2D eigenvalue weighted by molar-refractivity contribution is 5.32. The summed E-state index contributed by atoms with van der Waals surface area (Å²) < 4.78 is 25.3. The molecule has 2 saturated heterocycles. The van der Waals surface area contributed by atoms with Crippen LogP contribution in [0, 0.1) is 11.7 Å². The first-order valence-corrected chi connectivity index (χ1v) is 8.03. The Morgan fingerprint density at radius 3 is 2.67 bits per heavy atom. The van der Waals surface area contributed by atoms with E-state index in [4.69, 9.17) is 9.47 Å². The third kappa shape index (κ3) is 3.95. The van der Waals surface area contributed by atoms with Gasteiger partial charge < -0.3 is 14.8 Å². The van der Waals surface area contributed by atoms with Crippen LogP contribution in [0.25, 0.3) is 0 Å². The summed E-state index contributed by atoms with van der Waals surface area (Å²) in [7, 11) is 0. The molecule has 21 heavy (non-hydrogen) atoms. The molecule has 2 heterocycles. The zero-order valence-electron chi connectivity index (χ0n) is 12.4. The van der Waals surface area contributed by atoms with Gasteiger partial charge in [0.1, 0.15) is 11.6 Å². The molecule has 0 amide bonds. The third-order valence-electron chi connectivity index (χ3n) is 4.57. The van der Waals surface area contributed by atoms with Gasteiger partial charge in [-0.1, -0.05) is 0 Å². The zero-order valence-corrected chi connectivity index (χ0v) is 12.4. The molecule has 2 fully saturated rings. The Morgan fingerprint density at radius 1 is 1.14 bits per heavy atom. The number of hydrogen-bond donors (Lipinski definition) is 1. The molecule has 1 N–H and O–H groups in total. The summed E-state index contributed by atoms with van der Waals surface area (Å²) >= 11 is 0. The number of nitrogens with one attached hydrogen (secondary N) is 1. The summed E-state index contributed by atoms with van der Waals surface area (Å²) in [6.07, 6.45) is 4.12. The summed E-state index contributed by atoms with van der Waals surface area (Å²) in [4.78, 5) is 0. The predicted molar refractivity (Wildman–Crippen MR) is 80.3 cm³/mol. The van der Waals surface area contributed by atoms with Crippen LogP contribution in [-0.2, 0) is 4.74 Å². The van der Waals surface area contributed by atoms with Crippen molar-refractivity contribution in [3.8, 4) is 5.75 Å². The van der Waals surface area contributed by atoms with Crippen LogP contribution in [-0.4, -0.2) is 32.9 Å². The molecular formula is C17H24FNO2. The quantitative estimate of drug-likeness (QED) is 0.925. The van der Waals surface area contributed by atoms with Gasteiger partial charge in [0.05, 0.1) is 6.61 Å². The van der Waals surface area contributed by atoms with Gasteiger partial charge in [0, 0.05) is 13.2 Å². The second-order valence-electron chi connectivity index (χ2n) is 6.07. The van der Waals surface area contributed by atoms with Crippen LogP contribution in [0.4, 0.5) is 4.39 Å². The Hall–Kier alpha value is -1.13. The van der Waals surface area contributed by atoms with Crippen LogP contribution < -0.4 is 10.1 Å². The summed E-state index contributed by atoms with van der Waals surface area (Å²) in [6.45, 7) is 4.31. The first-order valence-electron chi connectivity index (χ1n) is 8.03. The van der Waals surface area contributed by atoms with Crippen LogP contribution in [0.5, 0.6) is 5.75 Å². The van der Waals surface area contributed by atoms with Crippen molar-refractivity contribution < 1.29 is 13.9 Å². The molecule has 3 nitrogen and oxygen atoms in total. The van der Waals surface area contributed by atoms with E-state index in [2.05, 4.69) is 5.32 Å². The van der Waals surface area contributed by atoms with Gasteiger partial charge >= 0.3 is 0 Å². The Bertz CT molecular complexity index is 454. The van der Waals surface area contributed by atoms with E-state index in [9.17, 15) is 4.39 Å². The molecule has 2 aliphatic heterocycles. The molecular weight excluding hydrogens is 269 g/mol. The largest absolute Gasteiger partial charge is 0.493 e. The van der Waals surface area contributed by atoms with Gasteiger partial charge in [0.25, 0.3) is 0 Å². The molecule has 0 aliphatic carbocycles. The number of rotatable bonds is 4. The van der Waals surface area contributed by atoms with E-state index < -0.39 is 0 Å². The monoisotopic (exact) mass is 293 g/mol. The lowest BCUT2D eigenvalue weighted by atomic mass is 9.90. The average molecular weight is 293 g/mol. The van der Waals surface area contributed by atoms with Crippen molar-refractivity contribution in [2.75, 3.05) is 32.9 Å². The minimum atomic E-state index is -0.0969. The van der Waals surface area contributed by atoms with Gasteiger partial charge in [-0.25, -0.2) is 4.39 Å². The van der Waals surface area contributed by atoms with Crippen molar-refractivity contribution in [3.63, 3.8) is 0 Å². The smallest absolute Gasteiger partial charge is 0.126 e. The van der Waals surface area contributed by atoms with Crippen molar-refractivity contribution in [3.05, 3.63) is 29.6 Å². The maximum Gasteiger partial charge on any atom is 0.126 e. The Labute approximate surface area is 125 Å². The highest BCUT2D eigenvalue weighted by atomic mass is 19.1. The molecule has 0 saturated carbocycles. The summed E-state index contributed by atoms with van der Waals surface area (Å²) in [5.74, 6) is 1.58. The minimum absolute atomic E-state index is 0.0969. The lowest BCUT2D eigenvalue weighted by molar-refractivity contribution is 0.0497. The fraction of sp³-hybridized carbons (Fsp3) is 0.647. The van der Waals surface area contributed by atoms with Crippen molar-refractivity contribution in [2.45, 2.75) is 31.6 Å². The SMILES string of the molecule is Fc1ccc(OCC2CCOCC2)cc1C1CCNCC1. The van der Waals surface area contributed by atoms with Crippen LogP contribution >= 0.6 is 0 Å². The van der Waals surface area contributed by atoms with Crippen molar-refractivity contribution in [1.29, 1.82) is 0 Å². The van der Waals surface area contributed by atoms with E-state index in [1.807, 2.05) is 6.07 Å². The first kappa shape index (κ1) is 14.8. The average Bonchev–Trinajstić information content (AvgIpc) is 2.56. The third-order valence-corrected chi connectivity index (χ3v) is 4.57.